The second kappa shape index (κ2) is 11.3. The van der Waals surface area contributed by atoms with Gasteiger partial charge in [-0.15, -0.1) is 0 Å². The molecule has 3 rings (SSSR count). The number of methoxy groups -OCH3 is 1. The Balaban J connectivity index is 1.60. The van der Waals surface area contributed by atoms with Crippen molar-refractivity contribution in [3.05, 3.63) is 30.1 Å². The third kappa shape index (κ3) is 5.97. The van der Waals surface area contributed by atoms with Gasteiger partial charge in [0, 0.05) is 57.4 Å². The molecule has 0 radical (unpaired) electrons. The Kier molecular flexibility index (Phi) is 8.44. The quantitative estimate of drug-likeness (QED) is 0.624. The molecule has 3 atom stereocenters. The van der Waals surface area contributed by atoms with Gasteiger partial charge in [-0.05, 0) is 43.5 Å². The van der Waals surface area contributed by atoms with E-state index in [1.165, 1.54) is 19.2 Å². The summed E-state index contributed by atoms with van der Waals surface area (Å²) in [5, 5.41) is 2.74. The molecule has 32 heavy (non-hydrogen) atoms. The van der Waals surface area contributed by atoms with Crippen LogP contribution < -0.4 is 16.0 Å². The molecule has 0 unspecified atom stereocenters. The number of nitrogens with zero attached hydrogens (tertiary/aromatic N) is 2. The average Bonchev–Trinajstić information content (AvgIpc) is 2.81. The summed E-state index contributed by atoms with van der Waals surface area (Å²) < 4.78 is 18.2. The summed E-state index contributed by atoms with van der Waals surface area (Å²) in [5.74, 6) is -2.02. The zero-order chi connectivity index (χ0) is 23.1. The Hall–Kier alpha value is -2.68. The van der Waals surface area contributed by atoms with Crippen molar-refractivity contribution in [2.24, 2.45) is 17.6 Å². The molecule has 1 heterocycles. The van der Waals surface area contributed by atoms with Crippen LogP contribution in [0.4, 0.5) is 10.1 Å². The standard InChI is InChI=1S/C23H33FN4O4/c1-32-15-10-20(21(25)29)26-22(30)18-4-2-3-5-19(18)23(31)28-13-11-27(12-14-28)17-8-6-16(24)7-9-17/h6-9,18-20H,2-5,10-15H2,1H3,(H2,25,29)(H,26,30)/t18-,19-,20+/m1/s1. The first-order valence-corrected chi connectivity index (χ1v) is 11.3. The van der Waals surface area contributed by atoms with E-state index in [0.717, 1.165) is 18.5 Å². The van der Waals surface area contributed by atoms with Gasteiger partial charge < -0.3 is 25.6 Å². The number of benzene rings is 1. The van der Waals surface area contributed by atoms with E-state index in [9.17, 15) is 18.8 Å². The molecule has 1 saturated carbocycles. The minimum absolute atomic E-state index is 0.00359. The minimum atomic E-state index is -0.806. The third-order valence-corrected chi connectivity index (χ3v) is 6.47. The molecule has 2 fully saturated rings. The highest BCUT2D eigenvalue weighted by atomic mass is 19.1. The zero-order valence-electron chi connectivity index (χ0n) is 18.6. The summed E-state index contributed by atoms with van der Waals surface area (Å²) in [6, 6.07) is 5.55. The van der Waals surface area contributed by atoms with Crippen molar-refractivity contribution in [2.75, 3.05) is 44.8 Å². The summed E-state index contributed by atoms with van der Waals surface area (Å²) in [6.07, 6.45) is 3.36. The lowest BCUT2D eigenvalue weighted by molar-refractivity contribution is -0.144. The number of piperazine rings is 1. The molecule has 1 aromatic rings. The number of nitrogens with two attached hydrogens (primary N) is 1. The first-order chi connectivity index (χ1) is 15.4. The monoisotopic (exact) mass is 448 g/mol. The lowest BCUT2D eigenvalue weighted by Gasteiger charge is -2.40. The van der Waals surface area contributed by atoms with Crippen LogP contribution in [-0.4, -0.2) is 68.6 Å². The van der Waals surface area contributed by atoms with Crippen LogP contribution in [0.3, 0.4) is 0 Å². The Morgan fingerprint density at radius 3 is 2.31 bits per heavy atom. The highest BCUT2D eigenvalue weighted by molar-refractivity contribution is 5.91. The van der Waals surface area contributed by atoms with Crippen molar-refractivity contribution in [1.29, 1.82) is 0 Å². The number of amides is 3. The normalized spacial score (nSPS) is 22.3. The van der Waals surface area contributed by atoms with Gasteiger partial charge in [-0.2, -0.15) is 0 Å². The molecular weight excluding hydrogens is 415 g/mol. The maximum atomic E-state index is 13.3. The maximum Gasteiger partial charge on any atom is 0.240 e. The Bertz CT molecular complexity index is 796. The van der Waals surface area contributed by atoms with Crippen molar-refractivity contribution < 1.29 is 23.5 Å². The number of hydrogen-bond donors (Lipinski definition) is 2. The van der Waals surface area contributed by atoms with Gasteiger partial charge in [-0.1, -0.05) is 12.8 Å². The number of rotatable bonds is 8. The van der Waals surface area contributed by atoms with E-state index in [0.29, 0.717) is 52.0 Å². The lowest BCUT2D eigenvalue weighted by atomic mass is 9.77. The van der Waals surface area contributed by atoms with E-state index in [4.69, 9.17) is 10.5 Å². The molecule has 2 aliphatic rings. The Labute approximate surface area is 188 Å². The second-order valence-electron chi connectivity index (χ2n) is 8.53. The van der Waals surface area contributed by atoms with E-state index < -0.39 is 23.8 Å². The minimum Gasteiger partial charge on any atom is -0.385 e. The topological polar surface area (TPSA) is 105 Å². The average molecular weight is 449 g/mol. The molecule has 0 spiro atoms. The first kappa shape index (κ1) is 24.0. The SMILES string of the molecule is COCC[C@H](NC(=O)[C@@H]1CCCC[C@H]1C(=O)N1CCN(c2ccc(F)cc2)CC1)C(N)=O. The van der Waals surface area contributed by atoms with Crippen LogP contribution in [0.5, 0.6) is 0 Å². The molecule has 176 valence electrons. The number of carbonyl (C=O) groups excluding carboxylic acids is 3. The first-order valence-electron chi connectivity index (χ1n) is 11.3. The van der Waals surface area contributed by atoms with Crippen molar-refractivity contribution in [3.8, 4) is 0 Å². The summed E-state index contributed by atoms with van der Waals surface area (Å²) in [5.41, 5.74) is 6.36. The molecule has 1 saturated heterocycles. The molecular formula is C23H33FN4O4. The van der Waals surface area contributed by atoms with E-state index in [1.54, 1.807) is 12.1 Å². The highest BCUT2D eigenvalue weighted by Crippen LogP contribution is 2.32. The molecule has 3 amide bonds. The van der Waals surface area contributed by atoms with Crippen LogP contribution in [0, 0.1) is 17.7 Å². The van der Waals surface area contributed by atoms with Gasteiger partial charge in [0.1, 0.15) is 11.9 Å². The number of anilines is 1. The molecule has 0 aromatic heterocycles. The number of nitrogens with one attached hydrogen (secondary N) is 1. The number of carbonyl (C=O) groups is 3. The number of primary amides is 1. The molecule has 3 N–H and O–H groups in total. The summed E-state index contributed by atoms with van der Waals surface area (Å²) in [4.78, 5) is 41.9. The molecule has 0 bridgehead atoms. The van der Waals surface area contributed by atoms with Crippen LogP contribution in [0.15, 0.2) is 24.3 Å². The van der Waals surface area contributed by atoms with Crippen molar-refractivity contribution in [1.82, 2.24) is 10.2 Å². The third-order valence-electron chi connectivity index (χ3n) is 6.47. The van der Waals surface area contributed by atoms with E-state index in [1.807, 2.05) is 4.90 Å². The fourth-order valence-corrected chi connectivity index (χ4v) is 4.61. The predicted molar refractivity (Wildman–Crippen MR) is 118 cm³/mol. The smallest absolute Gasteiger partial charge is 0.240 e. The number of ether oxygens (including phenoxy) is 1. The van der Waals surface area contributed by atoms with Gasteiger partial charge in [-0.3, -0.25) is 14.4 Å². The van der Waals surface area contributed by atoms with E-state index in [2.05, 4.69) is 10.2 Å². The largest absolute Gasteiger partial charge is 0.385 e. The number of hydrogen-bond acceptors (Lipinski definition) is 5. The van der Waals surface area contributed by atoms with Gasteiger partial charge in [0.25, 0.3) is 0 Å². The molecule has 9 heteroatoms. The Morgan fingerprint density at radius 2 is 1.72 bits per heavy atom. The van der Waals surface area contributed by atoms with Gasteiger partial charge in [-0.25, -0.2) is 4.39 Å². The van der Waals surface area contributed by atoms with Crippen LogP contribution in [-0.2, 0) is 19.1 Å². The lowest BCUT2D eigenvalue weighted by Crippen LogP contribution is -2.54. The fourth-order valence-electron chi connectivity index (χ4n) is 4.61. The van der Waals surface area contributed by atoms with Crippen LogP contribution in [0.25, 0.3) is 0 Å². The van der Waals surface area contributed by atoms with Crippen LogP contribution >= 0.6 is 0 Å². The molecule has 8 nitrogen and oxygen atoms in total. The summed E-state index contributed by atoms with van der Waals surface area (Å²) in [6.45, 7) is 2.72. The zero-order valence-corrected chi connectivity index (χ0v) is 18.6. The van der Waals surface area contributed by atoms with Crippen molar-refractivity contribution >= 4 is 23.4 Å². The molecule has 1 aliphatic carbocycles. The molecule has 1 aromatic carbocycles. The maximum absolute atomic E-state index is 13.3. The van der Waals surface area contributed by atoms with E-state index >= 15 is 0 Å². The fraction of sp³-hybridized carbons (Fsp3) is 0.609. The van der Waals surface area contributed by atoms with Crippen LogP contribution in [0.2, 0.25) is 0 Å². The highest BCUT2D eigenvalue weighted by Gasteiger charge is 2.39. The van der Waals surface area contributed by atoms with Gasteiger partial charge in [0.2, 0.25) is 17.7 Å². The van der Waals surface area contributed by atoms with Crippen molar-refractivity contribution in [2.45, 2.75) is 38.1 Å². The number of halogens is 1. The second-order valence-corrected chi connectivity index (χ2v) is 8.53. The van der Waals surface area contributed by atoms with Gasteiger partial charge in [0.15, 0.2) is 0 Å². The van der Waals surface area contributed by atoms with E-state index in [-0.39, 0.29) is 17.6 Å². The van der Waals surface area contributed by atoms with Gasteiger partial charge >= 0.3 is 0 Å². The Morgan fingerprint density at radius 1 is 1.09 bits per heavy atom. The summed E-state index contributed by atoms with van der Waals surface area (Å²) >= 11 is 0. The van der Waals surface area contributed by atoms with Crippen LogP contribution in [0.1, 0.15) is 32.1 Å². The predicted octanol–water partition coefficient (Wildman–Crippen LogP) is 1.29. The van der Waals surface area contributed by atoms with Crippen molar-refractivity contribution in [3.63, 3.8) is 0 Å². The molecule has 1 aliphatic heterocycles. The summed E-state index contributed by atoms with van der Waals surface area (Å²) in [7, 11) is 1.52. The van der Waals surface area contributed by atoms with Gasteiger partial charge in [0.05, 0.1) is 0 Å².